The number of nitrogens with zero attached hydrogens (tertiary/aromatic N) is 1. The molecule has 0 radical (unpaired) electrons. The largest absolute Gasteiger partial charge is 0.490 e. The van der Waals surface area contributed by atoms with Crippen LogP contribution >= 0.6 is 0 Å². The van der Waals surface area contributed by atoms with Crippen molar-refractivity contribution in [2.75, 3.05) is 40.5 Å². The lowest BCUT2D eigenvalue weighted by molar-refractivity contribution is 0.0488. The van der Waals surface area contributed by atoms with Gasteiger partial charge in [-0.2, -0.15) is 0 Å². The van der Waals surface area contributed by atoms with Gasteiger partial charge in [0.25, 0.3) is 0 Å². The second kappa shape index (κ2) is 8.75. The number of amides is 2. The Morgan fingerprint density at radius 2 is 2.08 bits per heavy atom. The van der Waals surface area contributed by atoms with Crippen LogP contribution in [-0.4, -0.2) is 62.7 Å². The fourth-order valence-corrected chi connectivity index (χ4v) is 2.47. The number of aliphatic hydroxyl groups excluding tert-OH is 1. The number of urea groups is 1. The quantitative estimate of drug-likeness (QED) is 0.823. The molecule has 0 fully saturated rings. The molecule has 2 atom stereocenters. The van der Waals surface area contributed by atoms with Gasteiger partial charge in [0.15, 0.2) is 11.5 Å². The van der Waals surface area contributed by atoms with Gasteiger partial charge < -0.3 is 29.5 Å². The molecule has 0 saturated heterocycles. The van der Waals surface area contributed by atoms with Crippen molar-refractivity contribution in [1.29, 1.82) is 0 Å². The number of hydrogen-bond acceptors (Lipinski definition) is 5. The average Bonchev–Trinajstić information content (AvgIpc) is 2.79. The van der Waals surface area contributed by atoms with Crippen LogP contribution in [0.4, 0.5) is 4.79 Å². The summed E-state index contributed by atoms with van der Waals surface area (Å²) in [5, 5.41) is 12.6. The number of fused-ring (bicyclic) bond motifs is 1. The summed E-state index contributed by atoms with van der Waals surface area (Å²) < 4.78 is 16.1. The molecule has 0 aromatic heterocycles. The van der Waals surface area contributed by atoms with E-state index in [1.807, 2.05) is 25.1 Å². The third kappa shape index (κ3) is 5.01. The van der Waals surface area contributed by atoms with Crippen LogP contribution < -0.4 is 14.8 Å². The summed E-state index contributed by atoms with van der Waals surface area (Å²) in [4.78, 5) is 13.7. The molecule has 7 heteroatoms. The predicted octanol–water partition coefficient (Wildman–Crippen LogP) is 1.56. The fraction of sp³-hybridized carbons (Fsp3) is 0.588. The Balaban J connectivity index is 1.95. The SMILES string of the molecule is COC[C@H](O)CN(C)C(=O)N[C@H](C)c1ccc2c(c1)OCCCO2. The van der Waals surface area contributed by atoms with Gasteiger partial charge in [-0.3, -0.25) is 0 Å². The van der Waals surface area contributed by atoms with Gasteiger partial charge in [0.2, 0.25) is 0 Å². The zero-order valence-corrected chi connectivity index (χ0v) is 14.4. The normalized spacial score (nSPS) is 16.0. The molecule has 0 aliphatic carbocycles. The summed E-state index contributed by atoms with van der Waals surface area (Å²) in [6.45, 7) is 3.56. The molecule has 0 unspecified atom stereocenters. The lowest BCUT2D eigenvalue weighted by Gasteiger charge is -2.24. The predicted molar refractivity (Wildman–Crippen MR) is 89.5 cm³/mol. The molecule has 2 rings (SSSR count). The summed E-state index contributed by atoms with van der Waals surface area (Å²) in [5.74, 6) is 1.43. The van der Waals surface area contributed by atoms with E-state index in [1.54, 1.807) is 7.05 Å². The number of nitrogens with one attached hydrogen (secondary N) is 1. The molecule has 7 nitrogen and oxygen atoms in total. The van der Waals surface area contributed by atoms with E-state index in [0.29, 0.717) is 19.0 Å². The number of ether oxygens (including phenoxy) is 3. The Bertz CT molecular complexity index is 552. The minimum atomic E-state index is -0.709. The molecule has 1 aliphatic rings. The molecule has 0 spiro atoms. The van der Waals surface area contributed by atoms with Gasteiger partial charge in [-0.05, 0) is 24.6 Å². The van der Waals surface area contributed by atoms with Crippen molar-refractivity contribution in [3.63, 3.8) is 0 Å². The maximum atomic E-state index is 12.2. The van der Waals surface area contributed by atoms with Gasteiger partial charge in [0.05, 0.1) is 38.5 Å². The van der Waals surface area contributed by atoms with Crippen LogP contribution in [-0.2, 0) is 4.74 Å². The lowest BCUT2D eigenvalue weighted by Crippen LogP contribution is -2.43. The third-order valence-electron chi connectivity index (χ3n) is 3.80. The van der Waals surface area contributed by atoms with Crippen LogP contribution in [0.15, 0.2) is 18.2 Å². The topological polar surface area (TPSA) is 80.3 Å². The number of benzene rings is 1. The minimum absolute atomic E-state index is 0.190. The molecule has 2 N–H and O–H groups in total. The van der Waals surface area contributed by atoms with E-state index in [4.69, 9.17) is 14.2 Å². The van der Waals surface area contributed by atoms with Gasteiger partial charge in [-0.1, -0.05) is 6.07 Å². The number of carbonyl (C=O) groups excluding carboxylic acids is 1. The van der Waals surface area contributed by atoms with Crippen molar-refractivity contribution in [3.05, 3.63) is 23.8 Å². The molecule has 1 aromatic rings. The molecular weight excluding hydrogens is 312 g/mol. The van der Waals surface area contributed by atoms with Crippen LogP contribution in [0.2, 0.25) is 0 Å². The number of likely N-dealkylation sites (N-methyl/N-ethyl adjacent to an activating group) is 1. The van der Waals surface area contributed by atoms with Crippen LogP contribution in [0.3, 0.4) is 0 Å². The van der Waals surface area contributed by atoms with E-state index >= 15 is 0 Å². The monoisotopic (exact) mass is 338 g/mol. The molecule has 1 aliphatic heterocycles. The standard InChI is InChI=1S/C17H26N2O5/c1-12(18-17(21)19(2)10-14(20)11-22-3)13-5-6-15-16(9-13)24-8-4-7-23-15/h5-6,9,12,14,20H,4,7-8,10-11H2,1-3H3,(H,18,21)/t12-,14-/m1/s1. The summed E-state index contributed by atoms with van der Waals surface area (Å²) in [6, 6.07) is 5.22. The van der Waals surface area contributed by atoms with E-state index in [9.17, 15) is 9.90 Å². The van der Waals surface area contributed by atoms with Gasteiger partial charge in [0, 0.05) is 20.6 Å². The highest BCUT2D eigenvalue weighted by atomic mass is 16.5. The zero-order valence-electron chi connectivity index (χ0n) is 14.4. The zero-order chi connectivity index (χ0) is 17.5. The molecule has 1 heterocycles. The Kier molecular flexibility index (Phi) is 6.69. The maximum absolute atomic E-state index is 12.2. The van der Waals surface area contributed by atoms with Crippen LogP contribution in [0.5, 0.6) is 11.5 Å². The first-order chi connectivity index (χ1) is 11.5. The number of methoxy groups -OCH3 is 1. The van der Waals surface area contributed by atoms with Crippen molar-refractivity contribution in [3.8, 4) is 11.5 Å². The summed E-state index contributed by atoms with van der Waals surface area (Å²) in [7, 11) is 3.14. The van der Waals surface area contributed by atoms with Gasteiger partial charge >= 0.3 is 6.03 Å². The first kappa shape index (κ1) is 18.4. The number of carbonyl (C=O) groups is 1. The third-order valence-corrected chi connectivity index (χ3v) is 3.80. The molecule has 1 aromatic carbocycles. The van der Waals surface area contributed by atoms with E-state index < -0.39 is 6.10 Å². The Hall–Kier alpha value is -1.99. The van der Waals surface area contributed by atoms with E-state index in [-0.39, 0.29) is 25.2 Å². The Morgan fingerprint density at radius 3 is 2.79 bits per heavy atom. The molecule has 0 saturated carbocycles. The number of hydrogen-bond donors (Lipinski definition) is 2. The second-order valence-corrected chi connectivity index (χ2v) is 5.92. The number of rotatable bonds is 6. The molecule has 0 bridgehead atoms. The van der Waals surface area contributed by atoms with Crippen LogP contribution in [0.1, 0.15) is 24.9 Å². The molecule has 134 valence electrons. The summed E-state index contributed by atoms with van der Waals surface area (Å²) in [6.07, 6.45) is 0.143. The smallest absolute Gasteiger partial charge is 0.317 e. The van der Waals surface area contributed by atoms with Crippen molar-refractivity contribution in [2.24, 2.45) is 0 Å². The van der Waals surface area contributed by atoms with Gasteiger partial charge in [0.1, 0.15) is 0 Å². The first-order valence-electron chi connectivity index (χ1n) is 8.09. The molecular formula is C17H26N2O5. The Morgan fingerprint density at radius 1 is 1.38 bits per heavy atom. The second-order valence-electron chi connectivity index (χ2n) is 5.92. The molecule has 24 heavy (non-hydrogen) atoms. The van der Waals surface area contributed by atoms with E-state index in [1.165, 1.54) is 12.0 Å². The molecule has 2 amide bonds. The summed E-state index contributed by atoms with van der Waals surface area (Å²) in [5.41, 5.74) is 0.929. The highest BCUT2D eigenvalue weighted by molar-refractivity contribution is 5.74. The number of aliphatic hydroxyl groups is 1. The van der Waals surface area contributed by atoms with E-state index in [2.05, 4.69) is 5.32 Å². The highest BCUT2D eigenvalue weighted by Gasteiger charge is 2.18. The van der Waals surface area contributed by atoms with Crippen molar-refractivity contribution in [2.45, 2.75) is 25.5 Å². The van der Waals surface area contributed by atoms with Crippen molar-refractivity contribution < 1.29 is 24.1 Å². The van der Waals surface area contributed by atoms with Crippen molar-refractivity contribution >= 4 is 6.03 Å². The van der Waals surface area contributed by atoms with Gasteiger partial charge in [-0.25, -0.2) is 4.79 Å². The lowest BCUT2D eigenvalue weighted by atomic mass is 10.1. The van der Waals surface area contributed by atoms with Crippen LogP contribution in [0.25, 0.3) is 0 Å². The van der Waals surface area contributed by atoms with Crippen LogP contribution in [0, 0.1) is 0 Å². The Labute approximate surface area is 142 Å². The fourth-order valence-electron chi connectivity index (χ4n) is 2.47. The summed E-state index contributed by atoms with van der Waals surface area (Å²) >= 11 is 0. The van der Waals surface area contributed by atoms with Gasteiger partial charge in [-0.15, -0.1) is 0 Å². The minimum Gasteiger partial charge on any atom is -0.490 e. The van der Waals surface area contributed by atoms with Crippen molar-refractivity contribution in [1.82, 2.24) is 10.2 Å². The van der Waals surface area contributed by atoms with E-state index in [0.717, 1.165) is 17.7 Å². The average molecular weight is 338 g/mol. The maximum Gasteiger partial charge on any atom is 0.317 e. The highest BCUT2D eigenvalue weighted by Crippen LogP contribution is 2.32. The first-order valence-corrected chi connectivity index (χ1v) is 8.09.